The summed E-state index contributed by atoms with van der Waals surface area (Å²) in [6, 6.07) is 0.825. The summed E-state index contributed by atoms with van der Waals surface area (Å²) in [7, 11) is 0. The van der Waals surface area contributed by atoms with E-state index in [9.17, 15) is 14.0 Å². The number of hydrogen-bond acceptors (Lipinski definition) is 4. The molecule has 7 heteroatoms. The molecule has 0 radical (unpaired) electrons. The number of nitrogens with zero attached hydrogens (tertiary/aromatic N) is 2. The van der Waals surface area contributed by atoms with Gasteiger partial charge in [0.1, 0.15) is 12.0 Å². The van der Waals surface area contributed by atoms with Gasteiger partial charge in [0.2, 0.25) is 0 Å². The molecule has 4 aliphatic rings. The smallest absolute Gasteiger partial charge is 0.200 e. The van der Waals surface area contributed by atoms with E-state index in [1.807, 2.05) is 0 Å². The van der Waals surface area contributed by atoms with Crippen LogP contribution in [-0.4, -0.2) is 35.2 Å². The normalized spacial score (nSPS) is 36.2. The molecule has 3 aliphatic carbocycles. The zero-order chi connectivity index (χ0) is 21.1. The van der Waals surface area contributed by atoms with Crippen molar-refractivity contribution in [1.82, 2.24) is 4.57 Å². The fraction of sp³-hybridized carbons (Fsp3) is 0.565. The summed E-state index contributed by atoms with van der Waals surface area (Å²) in [5.74, 6) is 0.606. The van der Waals surface area contributed by atoms with Crippen molar-refractivity contribution >= 4 is 22.4 Å². The summed E-state index contributed by atoms with van der Waals surface area (Å²) in [5, 5.41) is 0.150. The number of benzene rings is 1. The SMILES string of the molecule is CC(=O)c1cn([C@@H]2C[C@@H]2F)c2c(C)c(N3C[C@H]4CC5C[C@]5(N)[C@H]4C3)c(F)cc2c1=O. The van der Waals surface area contributed by atoms with E-state index >= 15 is 4.39 Å². The van der Waals surface area contributed by atoms with Crippen LogP contribution < -0.4 is 16.1 Å². The molecule has 1 aromatic heterocycles. The third-order valence-corrected chi connectivity index (χ3v) is 8.13. The van der Waals surface area contributed by atoms with E-state index in [1.165, 1.54) is 19.2 Å². The number of fused-ring (bicyclic) bond motifs is 4. The first-order valence-electron chi connectivity index (χ1n) is 10.8. The Balaban J connectivity index is 1.52. The van der Waals surface area contributed by atoms with Crippen molar-refractivity contribution in [3.63, 3.8) is 0 Å². The van der Waals surface area contributed by atoms with Gasteiger partial charge in [0.25, 0.3) is 0 Å². The van der Waals surface area contributed by atoms with Crippen molar-refractivity contribution in [3.05, 3.63) is 39.4 Å². The maximum Gasteiger partial charge on any atom is 0.200 e. The van der Waals surface area contributed by atoms with Crippen LogP contribution in [0.4, 0.5) is 14.5 Å². The standard InChI is InChI=1S/C23H25F2N3O2/c1-10-20-14(22(30)15(11(2)29)8-28(20)19-5-17(19)24)4-18(25)21(10)27-7-12-3-13-6-23(13,26)16(12)9-27/h4,8,12-13,16-17,19H,3,5-7,9,26H2,1-2H3/t12-,13?,16+,17+,19-,23-/m1/s1. The van der Waals surface area contributed by atoms with Crippen molar-refractivity contribution < 1.29 is 13.6 Å². The van der Waals surface area contributed by atoms with Gasteiger partial charge in [-0.2, -0.15) is 0 Å². The van der Waals surface area contributed by atoms with Crippen LogP contribution in [0, 0.1) is 30.5 Å². The summed E-state index contributed by atoms with van der Waals surface area (Å²) < 4.78 is 31.1. The maximum atomic E-state index is 15.4. The minimum Gasteiger partial charge on any atom is -0.368 e. The average Bonchev–Trinajstić information content (AvgIpc) is 3.46. The molecule has 0 spiro atoms. The number of pyridine rings is 1. The molecule has 6 atom stereocenters. The molecular formula is C23H25F2N3O2. The number of rotatable bonds is 3. The second-order valence-corrected chi connectivity index (χ2v) is 9.90. The fourth-order valence-electron chi connectivity index (χ4n) is 6.40. The van der Waals surface area contributed by atoms with Crippen LogP contribution in [0.15, 0.2) is 17.1 Å². The lowest BCUT2D eigenvalue weighted by Crippen LogP contribution is -2.35. The Morgan fingerprint density at radius 2 is 2.03 bits per heavy atom. The average molecular weight is 413 g/mol. The zero-order valence-electron chi connectivity index (χ0n) is 17.1. The highest BCUT2D eigenvalue weighted by Gasteiger charge is 2.66. The maximum absolute atomic E-state index is 15.4. The lowest BCUT2D eigenvalue weighted by atomic mass is 9.92. The van der Waals surface area contributed by atoms with Gasteiger partial charge in [-0.05, 0) is 56.1 Å². The number of anilines is 1. The van der Waals surface area contributed by atoms with Gasteiger partial charge in [-0.1, -0.05) is 0 Å². The fourth-order valence-corrected chi connectivity index (χ4v) is 6.40. The molecule has 3 saturated carbocycles. The first kappa shape index (κ1) is 18.5. The van der Waals surface area contributed by atoms with Gasteiger partial charge >= 0.3 is 0 Å². The van der Waals surface area contributed by atoms with Crippen LogP contribution in [0.25, 0.3) is 10.9 Å². The number of ketones is 1. The molecule has 2 aromatic rings. The minimum atomic E-state index is -1.02. The Bertz CT molecular complexity index is 1190. The van der Waals surface area contributed by atoms with Gasteiger partial charge < -0.3 is 15.2 Å². The minimum absolute atomic E-state index is 0.0197. The molecule has 2 heterocycles. The van der Waals surface area contributed by atoms with E-state index in [-0.39, 0.29) is 16.5 Å². The van der Waals surface area contributed by atoms with Crippen LogP contribution in [0.2, 0.25) is 0 Å². The van der Waals surface area contributed by atoms with E-state index in [1.54, 1.807) is 11.5 Å². The monoisotopic (exact) mass is 413 g/mol. The lowest BCUT2D eigenvalue weighted by Gasteiger charge is -2.25. The highest BCUT2D eigenvalue weighted by atomic mass is 19.1. The number of carbonyl (C=O) groups is 1. The van der Waals surface area contributed by atoms with E-state index in [4.69, 9.17) is 5.73 Å². The van der Waals surface area contributed by atoms with Gasteiger partial charge in [0.15, 0.2) is 11.2 Å². The third-order valence-electron chi connectivity index (χ3n) is 8.13. The van der Waals surface area contributed by atoms with Crippen molar-refractivity contribution in [3.8, 4) is 0 Å². The van der Waals surface area contributed by atoms with Crippen molar-refractivity contribution in [2.24, 2.45) is 23.5 Å². The number of nitrogens with two attached hydrogens (primary N) is 1. The number of hydrogen-bond donors (Lipinski definition) is 1. The molecule has 2 N–H and O–H groups in total. The molecule has 1 saturated heterocycles. The van der Waals surface area contributed by atoms with E-state index < -0.39 is 29.2 Å². The van der Waals surface area contributed by atoms with E-state index in [0.717, 1.165) is 19.4 Å². The molecule has 6 rings (SSSR count). The summed E-state index contributed by atoms with van der Waals surface area (Å²) in [5.41, 5.74) is 7.62. The molecule has 158 valence electrons. The second kappa shape index (κ2) is 5.69. The molecule has 1 aliphatic heterocycles. The molecular weight excluding hydrogens is 388 g/mol. The Kier molecular flexibility index (Phi) is 3.51. The van der Waals surface area contributed by atoms with Gasteiger partial charge in [0.05, 0.1) is 22.8 Å². The summed E-state index contributed by atoms with van der Waals surface area (Å²) >= 11 is 0. The lowest BCUT2D eigenvalue weighted by molar-refractivity contribution is 0.101. The number of carbonyl (C=O) groups excluding carboxylic acids is 1. The Morgan fingerprint density at radius 3 is 2.67 bits per heavy atom. The Hall–Kier alpha value is -2.28. The van der Waals surface area contributed by atoms with Crippen molar-refractivity contribution in [2.45, 2.75) is 50.9 Å². The van der Waals surface area contributed by atoms with Gasteiger partial charge in [-0.3, -0.25) is 9.59 Å². The van der Waals surface area contributed by atoms with Crippen LogP contribution in [0.3, 0.4) is 0 Å². The highest BCUT2D eigenvalue weighted by molar-refractivity contribution is 5.98. The quantitative estimate of drug-likeness (QED) is 0.786. The van der Waals surface area contributed by atoms with Crippen LogP contribution in [-0.2, 0) is 0 Å². The summed E-state index contributed by atoms with van der Waals surface area (Å²) in [6.07, 6.45) is 2.96. The molecule has 30 heavy (non-hydrogen) atoms. The second-order valence-electron chi connectivity index (χ2n) is 9.90. The molecule has 4 fully saturated rings. The van der Waals surface area contributed by atoms with E-state index in [2.05, 4.69) is 4.90 Å². The molecule has 0 amide bonds. The van der Waals surface area contributed by atoms with E-state index in [0.29, 0.717) is 47.5 Å². The number of alkyl halides is 1. The first-order chi connectivity index (χ1) is 14.2. The Morgan fingerprint density at radius 1 is 1.30 bits per heavy atom. The van der Waals surface area contributed by atoms with Gasteiger partial charge in [0, 0.05) is 36.6 Å². The topological polar surface area (TPSA) is 68.3 Å². The highest BCUT2D eigenvalue weighted by Crippen LogP contribution is 2.62. The molecule has 5 nitrogen and oxygen atoms in total. The zero-order valence-corrected chi connectivity index (χ0v) is 17.1. The number of aromatic nitrogens is 1. The van der Waals surface area contributed by atoms with Gasteiger partial charge in [-0.25, -0.2) is 8.78 Å². The molecule has 1 aromatic carbocycles. The van der Waals surface area contributed by atoms with Crippen LogP contribution in [0.5, 0.6) is 0 Å². The first-order valence-corrected chi connectivity index (χ1v) is 10.8. The van der Waals surface area contributed by atoms with Crippen molar-refractivity contribution in [2.75, 3.05) is 18.0 Å². The largest absolute Gasteiger partial charge is 0.368 e. The predicted octanol–water partition coefficient (Wildman–Crippen LogP) is 3.11. The summed E-state index contributed by atoms with van der Waals surface area (Å²) in [6.45, 7) is 4.58. The van der Waals surface area contributed by atoms with Crippen molar-refractivity contribution in [1.29, 1.82) is 0 Å². The molecule has 0 bridgehead atoms. The summed E-state index contributed by atoms with van der Waals surface area (Å²) in [4.78, 5) is 27.0. The van der Waals surface area contributed by atoms with Gasteiger partial charge in [-0.15, -0.1) is 0 Å². The number of halogens is 2. The third kappa shape index (κ3) is 2.30. The van der Waals surface area contributed by atoms with Crippen LogP contribution >= 0.6 is 0 Å². The Labute approximate surface area is 172 Å². The number of Topliss-reactive ketones (excluding diaryl/α,β-unsaturated/α-hetero) is 1. The molecule has 1 unspecified atom stereocenters. The predicted molar refractivity (Wildman–Crippen MR) is 110 cm³/mol. The number of aryl methyl sites for hydroxylation is 1. The van der Waals surface area contributed by atoms with Crippen LogP contribution in [0.1, 0.15) is 48.1 Å².